The Morgan fingerprint density at radius 1 is 1.03 bits per heavy atom. The molecule has 4 rings (SSSR count). The summed E-state index contributed by atoms with van der Waals surface area (Å²) in [6.45, 7) is 6.18. The second kappa shape index (κ2) is 12.2. The highest BCUT2D eigenvalue weighted by Crippen LogP contribution is 2.41. The molecule has 0 atom stereocenters. The van der Waals surface area contributed by atoms with Gasteiger partial charge in [0.2, 0.25) is 0 Å². The number of carbonyl (C=O) groups excluding carboxylic acids is 1. The first-order valence-electron chi connectivity index (χ1n) is 11.7. The molecule has 0 bridgehead atoms. The Morgan fingerprint density at radius 2 is 1.78 bits per heavy atom. The van der Waals surface area contributed by atoms with Crippen molar-refractivity contribution >= 4 is 74.9 Å². The lowest BCUT2D eigenvalue weighted by molar-refractivity contribution is -0.113. The molecule has 5 nitrogen and oxygen atoms in total. The van der Waals surface area contributed by atoms with Gasteiger partial charge in [0.05, 0.1) is 17.7 Å². The number of para-hydroxylation sites is 2. The molecular formula is C28H26Cl2N2O3S2. The minimum absolute atomic E-state index is 0.209. The second-order valence-electron chi connectivity index (χ2n) is 8.11. The van der Waals surface area contributed by atoms with E-state index in [1.165, 1.54) is 16.7 Å². The standard InChI is InChI=1S/C28H26Cl2N2O3S2/c1-4-31(5-2)21-13-11-18(25(16-21)35-17-19-10-12-20(29)15-22(19)30)14-26-27(33)32(28(36)37-26)23-8-6-7-9-24(23)34-3/h6-16H,4-5,17H2,1-3H3/b26-14+. The van der Waals surface area contributed by atoms with Gasteiger partial charge in [0.25, 0.3) is 5.91 Å². The van der Waals surface area contributed by atoms with Gasteiger partial charge in [-0.3, -0.25) is 9.69 Å². The molecule has 1 aliphatic heterocycles. The van der Waals surface area contributed by atoms with Crippen LogP contribution in [0.5, 0.6) is 11.5 Å². The third-order valence-corrected chi connectivity index (χ3v) is 7.82. The molecule has 0 N–H and O–H groups in total. The van der Waals surface area contributed by atoms with Gasteiger partial charge in [-0.2, -0.15) is 0 Å². The lowest BCUT2D eigenvalue weighted by atomic mass is 10.1. The summed E-state index contributed by atoms with van der Waals surface area (Å²) < 4.78 is 12.1. The minimum atomic E-state index is -0.209. The van der Waals surface area contributed by atoms with E-state index in [-0.39, 0.29) is 12.5 Å². The molecule has 1 fully saturated rings. The largest absolute Gasteiger partial charge is 0.495 e. The first-order chi connectivity index (χ1) is 17.9. The van der Waals surface area contributed by atoms with Crippen LogP contribution in [0, 0.1) is 0 Å². The Bertz CT molecular complexity index is 1360. The number of nitrogens with zero attached hydrogens (tertiary/aromatic N) is 2. The molecule has 0 spiro atoms. The molecule has 3 aromatic carbocycles. The van der Waals surface area contributed by atoms with Gasteiger partial charge in [-0.25, -0.2) is 0 Å². The Labute approximate surface area is 236 Å². The zero-order valence-corrected chi connectivity index (χ0v) is 23.8. The van der Waals surface area contributed by atoms with Crippen LogP contribution in [0.15, 0.2) is 65.6 Å². The summed E-state index contributed by atoms with van der Waals surface area (Å²) in [6, 6.07) is 18.6. The number of hydrogen-bond donors (Lipinski definition) is 0. The zero-order chi connectivity index (χ0) is 26.5. The fraction of sp³-hybridized carbons (Fsp3) is 0.214. The van der Waals surface area contributed by atoms with Gasteiger partial charge in [0.1, 0.15) is 18.1 Å². The van der Waals surface area contributed by atoms with Crippen molar-refractivity contribution in [2.45, 2.75) is 20.5 Å². The third kappa shape index (κ3) is 6.07. The molecule has 0 radical (unpaired) electrons. The van der Waals surface area contributed by atoms with Crippen LogP contribution in [-0.2, 0) is 11.4 Å². The molecule has 0 aliphatic carbocycles. The van der Waals surface area contributed by atoms with Crippen molar-refractivity contribution in [3.63, 3.8) is 0 Å². The van der Waals surface area contributed by atoms with E-state index in [0.717, 1.165) is 29.9 Å². The number of anilines is 2. The van der Waals surface area contributed by atoms with Crippen LogP contribution >= 0.6 is 47.2 Å². The van der Waals surface area contributed by atoms with Crippen LogP contribution in [0.1, 0.15) is 25.0 Å². The van der Waals surface area contributed by atoms with E-state index < -0.39 is 0 Å². The Morgan fingerprint density at radius 3 is 2.49 bits per heavy atom. The average Bonchev–Trinajstić information content (AvgIpc) is 3.17. The van der Waals surface area contributed by atoms with Crippen molar-refractivity contribution in [2.75, 3.05) is 30.0 Å². The number of thiocarbonyl (C=S) groups is 1. The van der Waals surface area contributed by atoms with Gasteiger partial charge >= 0.3 is 0 Å². The molecule has 1 saturated heterocycles. The third-order valence-electron chi connectivity index (χ3n) is 5.93. The molecule has 1 amide bonds. The molecule has 0 unspecified atom stereocenters. The van der Waals surface area contributed by atoms with Gasteiger partial charge in [-0.15, -0.1) is 0 Å². The monoisotopic (exact) mass is 572 g/mol. The highest BCUT2D eigenvalue weighted by molar-refractivity contribution is 8.27. The summed E-state index contributed by atoms with van der Waals surface area (Å²) in [5.41, 5.74) is 3.22. The maximum Gasteiger partial charge on any atom is 0.270 e. The van der Waals surface area contributed by atoms with E-state index in [9.17, 15) is 4.79 Å². The SMILES string of the molecule is CCN(CC)c1ccc(/C=C2/SC(=S)N(c3ccccc3OC)C2=O)c(OCc2ccc(Cl)cc2Cl)c1. The number of benzene rings is 3. The van der Waals surface area contributed by atoms with Crippen LogP contribution in [0.2, 0.25) is 10.0 Å². The number of halogens is 2. The molecule has 9 heteroatoms. The second-order valence-corrected chi connectivity index (χ2v) is 10.6. The lowest BCUT2D eigenvalue weighted by Crippen LogP contribution is -2.27. The van der Waals surface area contributed by atoms with Crippen LogP contribution in [0.25, 0.3) is 6.08 Å². The molecule has 1 heterocycles. The normalized spacial score (nSPS) is 14.4. The number of thioether (sulfide) groups is 1. The predicted molar refractivity (Wildman–Crippen MR) is 159 cm³/mol. The highest BCUT2D eigenvalue weighted by atomic mass is 35.5. The molecule has 3 aromatic rings. The number of amides is 1. The smallest absolute Gasteiger partial charge is 0.270 e. The van der Waals surface area contributed by atoms with Crippen LogP contribution in [0.4, 0.5) is 11.4 Å². The number of methoxy groups -OCH3 is 1. The van der Waals surface area contributed by atoms with Crippen LogP contribution in [-0.4, -0.2) is 30.4 Å². The first kappa shape index (κ1) is 27.3. The summed E-state index contributed by atoms with van der Waals surface area (Å²) in [5, 5.41) is 1.10. The number of hydrogen-bond acceptors (Lipinski definition) is 6. The lowest BCUT2D eigenvalue weighted by Gasteiger charge is -2.22. The van der Waals surface area contributed by atoms with Gasteiger partial charge in [0.15, 0.2) is 4.32 Å². The van der Waals surface area contributed by atoms with Crippen molar-refractivity contribution < 1.29 is 14.3 Å². The first-order valence-corrected chi connectivity index (χ1v) is 13.7. The molecule has 0 aromatic heterocycles. The van der Waals surface area contributed by atoms with Crippen LogP contribution < -0.4 is 19.3 Å². The fourth-order valence-corrected chi connectivity index (χ4v) is 5.72. The summed E-state index contributed by atoms with van der Waals surface area (Å²) in [4.78, 5) is 17.7. The van der Waals surface area contributed by atoms with Gasteiger partial charge < -0.3 is 14.4 Å². The van der Waals surface area contributed by atoms with E-state index in [2.05, 4.69) is 18.7 Å². The van der Waals surface area contributed by atoms with E-state index >= 15 is 0 Å². The summed E-state index contributed by atoms with van der Waals surface area (Å²) >= 11 is 19.2. The summed E-state index contributed by atoms with van der Waals surface area (Å²) in [6.07, 6.45) is 1.82. The van der Waals surface area contributed by atoms with Crippen molar-refractivity contribution in [1.29, 1.82) is 0 Å². The van der Waals surface area contributed by atoms with Crippen molar-refractivity contribution in [3.05, 3.63) is 86.7 Å². The van der Waals surface area contributed by atoms with E-state index in [1.807, 2.05) is 48.5 Å². The molecule has 0 saturated carbocycles. The number of carbonyl (C=O) groups is 1. The number of ether oxygens (including phenoxy) is 2. The van der Waals surface area contributed by atoms with E-state index in [1.54, 1.807) is 25.3 Å². The number of rotatable bonds is 9. The van der Waals surface area contributed by atoms with E-state index in [4.69, 9.17) is 44.9 Å². The quantitative estimate of drug-likeness (QED) is 0.192. The molecule has 1 aliphatic rings. The van der Waals surface area contributed by atoms with Gasteiger partial charge in [-0.1, -0.05) is 65.4 Å². The Hall–Kier alpha value is -2.71. The summed E-state index contributed by atoms with van der Waals surface area (Å²) in [7, 11) is 1.57. The maximum absolute atomic E-state index is 13.4. The maximum atomic E-state index is 13.4. The van der Waals surface area contributed by atoms with Crippen LogP contribution in [0.3, 0.4) is 0 Å². The zero-order valence-electron chi connectivity index (χ0n) is 20.7. The van der Waals surface area contributed by atoms with Crippen molar-refractivity contribution in [2.24, 2.45) is 0 Å². The molecule has 37 heavy (non-hydrogen) atoms. The van der Waals surface area contributed by atoms with Gasteiger partial charge in [-0.05, 0) is 56.3 Å². The fourth-order valence-electron chi connectivity index (χ4n) is 3.98. The minimum Gasteiger partial charge on any atom is -0.495 e. The van der Waals surface area contributed by atoms with Crippen molar-refractivity contribution in [1.82, 2.24) is 0 Å². The molecular weight excluding hydrogens is 547 g/mol. The predicted octanol–water partition coefficient (Wildman–Crippen LogP) is 7.83. The van der Waals surface area contributed by atoms with Gasteiger partial charge in [0, 0.05) is 46.0 Å². The highest BCUT2D eigenvalue weighted by Gasteiger charge is 2.35. The summed E-state index contributed by atoms with van der Waals surface area (Å²) in [5.74, 6) is 1.00. The van der Waals surface area contributed by atoms with E-state index in [0.29, 0.717) is 36.5 Å². The molecule has 192 valence electrons. The Balaban J connectivity index is 1.69. The topological polar surface area (TPSA) is 42.0 Å². The average molecular weight is 574 g/mol. The Kier molecular flexibility index (Phi) is 9.03. The van der Waals surface area contributed by atoms with Crippen molar-refractivity contribution in [3.8, 4) is 11.5 Å².